The molecule has 1 aliphatic heterocycles. The number of thiazole rings is 1. The predicted molar refractivity (Wildman–Crippen MR) is 130 cm³/mol. The summed E-state index contributed by atoms with van der Waals surface area (Å²) < 4.78 is 27.9. The van der Waals surface area contributed by atoms with E-state index in [9.17, 15) is 14.9 Å². The molecule has 1 atom stereocenters. The second-order valence-corrected chi connectivity index (χ2v) is 8.65. The van der Waals surface area contributed by atoms with Crippen LogP contribution in [0.5, 0.6) is 23.0 Å². The van der Waals surface area contributed by atoms with Crippen LogP contribution in [0, 0.1) is 10.1 Å². The van der Waals surface area contributed by atoms with E-state index in [1.807, 2.05) is 0 Å². The van der Waals surface area contributed by atoms with Gasteiger partial charge in [-0.15, -0.1) is 0 Å². The van der Waals surface area contributed by atoms with Crippen LogP contribution in [0.1, 0.15) is 23.2 Å². The number of aromatic nitrogens is 1. The average molecular weight is 504 g/mol. The van der Waals surface area contributed by atoms with Gasteiger partial charge in [0.25, 0.3) is 11.6 Å². The Morgan fingerprint density at radius 1 is 1.11 bits per heavy atom. The molecule has 0 bridgehead atoms. The van der Waals surface area contributed by atoms with Crippen LogP contribution < -0.4 is 23.8 Å². The third kappa shape index (κ3) is 4.66. The fourth-order valence-corrected chi connectivity index (χ4v) is 5.05. The summed E-state index contributed by atoms with van der Waals surface area (Å²) in [7, 11) is 5.84. The zero-order chi connectivity index (χ0) is 25.1. The van der Waals surface area contributed by atoms with Gasteiger partial charge in [-0.05, 0) is 25.0 Å². The van der Waals surface area contributed by atoms with Crippen LogP contribution in [-0.2, 0) is 4.74 Å². The summed E-state index contributed by atoms with van der Waals surface area (Å²) in [5, 5.41) is 12.2. The summed E-state index contributed by atoms with van der Waals surface area (Å²) in [6.07, 6.45) is 1.40. The first-order chi connectivity index (χ1) is 16.9. The Balaban J connectivity index is 1.87. The SMILES string of the molecule is COc1cc(C(=O)N(CC2CCCO2)c2nc3c(OC)ccc(OC)c3s2)c([N+](=O)[O-])cc1OC. The van der Waals surface area contributed by atoms with Crippen molar-refractivity contribution in [1.82, 2.24) is 4.98 Å². The quantitative estimate of drug-likeness (QED) is 0.314. The molecule has 35 heavy (non-hydrogen) atoms. The van der Waals surface area contributed by atoms with Crippen molar-refractivity contribution in [3.8, 4) is 23.0 Å². The van der Waals surface area contributed by atoms with Gasteiger partial charge in [0.2, 0.25) is 0 Å². The second kappa shape index (κ2) is 10.3. The number of benzene rings is 2. The number of nitro groups is 1. The van der Waals surface area contributed by atoms with Crippen LogP contribution in [0.15, 0.2) is 24.3 Å². The van der Waals surface area contributed by atoms with E-state index in [0.29, 0.717) is 33.5 Å². The van der Waals surface area contributed by atoms with Crippen LogP contribution in [0.4, 0.5) is 10.8 Å². The Morgan fingerprint density at radius 3 is 2.37 bits per heavy atom. The first-order valence-corrected chi connectivity index (χ1v) is 11.6. The zero-order valence-electron chi connectivity index (χ0n) is 19.7. The number of carbonyl (C=O) groups excluding carboxylic acids is 1. The fraction of sp³-hybridized carbons (Fsp3) is 0.391. The van der Waals surface area contributed by atoms with Gasteiger partial charge in [-0.25, -0.2) is 4.98 Å². The van der Waals surface area contributed by atoms with E-state index >= 15 is 0 Å². The zero-order valence-corrected chi connectivity index (χ0v) is 20.5. The molecule has 2 heterocycles. The molecule has 11 nitrogen and oxygen atoms in total. The van der Waals surface area contributed by atoms with Crippen LogP contribution in [0.3, 0.4) is 0 Å². The molecule has 1 aliphatic rings. The van der Waals surface area contributed by atoms with E-state index in [-0.39, 0.29) is 29.7 Å². The predicted octanol–water partition coefficient (Wildman–Crippen LogP) is 4.06. The minimum absolute atomic E-state index is 0.149. The highest BCUT2D eigenvalue weighted by Crippen LogP contribution is 2.42. The van der Waals surface area contributed by atoms with Crippen molar-refractivity contribution in [3.05, 3.63) is 39.9 Å². The fourth-order valence-electron chi connectivity index (χ4n) is 3.97. The summed E-state index contributed by atoms with van der Waals surface area (Å²) in [6, 6.07) is 5.99. The maximum Gasteiger partial charge on any atom is 0.286 e. The minimum Gasteiger partial charge on any atom is -0.495 e. The number of amides is 1. The lowest BCUT2D eigenvalue weighted by atomic mass is 10.1. The molecule has 4 rings (SSSR count). The first-order valence-electron chi connectivity index (χ1n) is 10.8. The molecule has 1 amide bonds. The topological polar surface area (TPSA) is 122 Å². The molecule has 0 spiro atoms. The second-order valence-electron chi connectivity index (χ2n) is 7.68. The maximum absolute atomic E-state index is 13.9. The summed E-state index contributed by atoms with van der Waals surface area (Å²) in [6.45, 7) is 0.763. The Bertz CT molecular complexity index is 1210. The number of hydrogen-bond donors (Lipinski definition) is 0. The summed E-state index contributed by atoms with van der Waals surface area (Å²) in [4.78, 5) is 31.2. The lowest BCUT2D eigenvalue weighted by molar-refractivity contribution is -0.385. The molecule has 1 fully saturated rings. The number of methoxy groups -OCH3 is 4. The maximum atomic E-state index is 13.9. The van der Waals surface area contributed by atoms with Gasteiger partial charge in [-0.1, -0.05) is 11.3 Å². The van der Waals surface area contributed by atoms with Crippen LogP contribution >= 0.6 is 11.3 Å². The highest BCUT2D eigenvalue weighted by atomic mass is 32.1. The molecule has 12 heteroatoms. The number of hydrogen-bond acceptors (Lipinski definition) is 10. The van der Waals surface area contributed by atoms with E-state index < -0.39 is 16.5 Å². The molecule has 0 radical (unpaired) electrons. The summed E-state index contributed by atoms with van der Waals surface area (Å²) >= 11 is 1.23. The molecule has 2 aromatic carbocycles. The molecule has 1 aromatic heterocycles. The largest absolute Gasteiger partial charge is 0.495 e. The standard InChI is InChI=1S/C23H25N3O8S/c1-30-16-7-8-17(31-2)21-20(16)24-23(35-21)25(12-13-6-5-9-34-13)22(27)14-10-18(32-3)19(33-4)11-15(14)26(28)29/h7-8,10-11,13H,5-6,9,12H2,1-4H3. The molecular formula is C23H25N3O8S. The van der Waals surface area contributed by atoms with Crippen molar-refractivity contribution < 1.29 is 33.4 Å². The number of anilines is 1. The molecule has 3 aromatic rings. The Morgan fingerprint density at radius 2 is 1.77 bits per heavy atom. The molecule has 186 valence electrons. The van der Waals surface area contributed by atoms with E-state index in [1.165, 1.54) is 49.7 Å². The van der Waals surface area contributed by atoms with Gasteiger partial charge in [0.1, 0.15) is 27.3 Å². The number of fused-ring (bicyclic) bond motifs is 1. The van der Waals surface area contributed by atoms with Crippen molar-refractivity contribution in [2.75, 3.05) is 46.5 Å². The van der Waals surface area contributed by atoms with E-state index in [0.717, 1.165) is 12.8 Å². The lowest BCUT2D eigenvalue weighted by Crippen LogP contribution is -2.37. The van der Waals surface area contributed by atoms with Gasteiger partial charge >= 0.3 is 0 Å². The third-order valence-corrected chi connectivity index (χ3v) is 6.81. The Labute approximate surface area is 205 Å². The summed E-state index contributed by atoms with van der Waals surface area (Å²) in [5.41, 5.74) is -0.0242. The molecule has 0 N–H and O–H groups in total. The number of ether oxygens (including phenoxy) is 5. The van der Waals surface area contributed by atoms with Gasteiger partial charge in [-0.2, -0.15) is 0 Å². The lowest BCUT2D eigenvalue weighted by Gasteiger charge is -2.23. The normalized spacial score (nSPS) is 15.1. The van der Waals surface area contributed by atoms with Crippen molar-refractivity contribution in [2.24, 2.45) is 0 Å². The van der Waals surface area contributed by atoms with Gasteiger partial charge < -0.3 is 23.7 Å². The monoisotopic (exact) mass is 503 g/mol. The van der Waals surface area contributed by atoms with Crippen LogP contribution in [0.2, 0.25) is 0 Å². The number of nitro benzene ring substituents is 1. The van der Waals surface area contributed by atoms with Crippen molar-refractivity contribution in [1.29, 1.82) is 0 Å². The smallest absolute Gasteiger partial charge is 0.286 e. The van der Waals surface area contributed by atoms with Crippen LogP contribution in [-0.4, -0.2) is 63.5 Å². The van der Waals surface area contributed by atoms with Gasteiger partial charge in [0.05, 0.1) is 52.1 Å². The van der Waals surface area contributed by atoms with Crippen molar-refractivity contribution >= 4 is 38.3 Å². The highest BCUT2D eigenvalue weighted by molar-refractivity contribution is 7.22. The molecule has 0 aliphatic carbocycles. The van der Waals surface area contributed by atoms with Gasteiger partial charge in [0, 0.05) is 12.7 Å². The molecule has 0 saturated carbocycles. The highest BCUT2D eigenvalue weighted by Gasteiger charge is 2.33. The third-order valence-electron chi connectivity index (χ3n) is 5.71. The first kappa shape index (κ1) is 24.5. The Hall–Kier alpha value is -3.64. The molecule has 1 saturated heterocycles. The van der Waals surface area contributed by atoms with Crippen LogP contribution in [0.25, 0.3) is 10.2 Å². The van der Waals surface area contributed by atoms with Crippen molar-refractivity contribution in [2.45, 2.75) is 18.9 Å². The average Bonchev–Trinajstić information content (AvgIpc) is 3.55. The van der Waals surface area contributed by atoms with Gasteiger partial charge in [-0.3, -0.25) is 19.8 Å². The van der Waals surface area contributed by atoms with E-state index in [1.54, 1.807) is 19.2 Å². The number of carbonyl (C=O) groups is 1. The van der Waals surface area contributed by atoms with Crippen molar-refractivity contribution in [3.63, 3.8) is 0 Å². The Kier molecular flexibility index (Phi) is 7.22. The molecule has 1 unspecified atom stereocenters. The number of rotatable bonds is 9. The van der Waals surface area contributed by atoms with E-state index in [4.69, 9.17) is 23.7 Å². The number of nitrogens with zero attached hydrogens (tertiary/aromatic N) is 3. The minimum atomic E-state index is -0.621. The van der Waals surface area contributed by atoms with E-state index in [2.05, 4.69) is 4.98 Å². The summed E-state index contributed by atoms with van der Waals surface area (Å²) in [5.74, 6) is 0.836. The molecular weight excluding hydrogens is 478 g/mol. The van der Waals surface area contributed by atoms with Gasteiger partial charge in [0.15, 0.2) is 16.6 Å².